The van der Waals surface area contributed by atoms with E-state index in [1.165, 1.54) is 38.5 Å². The maximum absolute atomic E-state index is 15.2. The summed E-state index contributed by atoms with van der Waals surface area (Å²) in [5.41, 5.74) is 3.44. The van der Waals surface area contributed by atoms with E-state index in [0.717, 1.165) is 41.7 Å². The summed E-state index contributed by atoms with van der Waals surface area (Å²) in [5.74, 6) is 1.02. The molecule has 0 spiro atoms. The number of benzene rings is 3. The molecule has 0 unspecified atom stereocenters. The third-order valence-electron chi connectivity index (χ3n) is 8.97. The monoisotopic (exact) mass is 502 g/mol. The number of rotatable bonds is 5. The van der Waals surface area contributed by atoms with Gasteiger partial charge in [0.05, 0.1) is 0 Å². The van der Waals surface area contributed by atoms with Gasteiger partial charge in [0.2, 0.25) is 0 Å². The quantitative estimate of drug-likeness (QED) is 0.304. The Morgan fingerprint density at radius 1 is 0.649 bits per heavy atom. The predicted molar refractivity (Wildman–Crippen MR) is 147 cm³/mol. The molecule has 2 saturated carbocycles. The zero-order valence-corrected chi connectivity index (χ0v) is 22.0. The molecule has 2 fully saturated rings. The highest BCUT2D eigenvalue weighted by atomic mass is 19.2. The fourth-order valence-corrected chi connectivity index (χ4v) is 6.72. The second-order valence-electron chi connectivity index (χ2n) is 11.2. The van der Waals surface area contributed by atoms with Crippen molar-refractivity contribution in [3.05, 3.63) is 95.3 Å². The molecular weight excluding hydrogens is 465 g/mol. The normalized spacial score (nSPS) is 24.5. The second-order valence-corrected chi connectivity index (χ2v) is 11.2. The molecule has 0 radical (unpaired) electrons. The summed E-state index contributed by atoms with van der Waals surface area (Å²) in [6.45, 7) is 3.66. The van der Waals surface area contributed by atoms with E-state index in [0.29, 0.717) is 17.0 Å². The van der Waals surface area contributed by atoms with Gasteiger partial charge in [-0.25, -0.2) is 13.2 Å². The highest BCUT2D eigenvalue weighted by Gasteiger charge is 2.31. The van der Waals surface area contributed by atoms with Crippen LogP contribution < -0.4 is 0 Å². The molecule has 0 bridgehead atoms. The van der Waals surface area contributed by atoms with Crippen LogP contribution in [0.2, 0.25) is 0 Å². The average Bonchev–Trinajstić information content (AvgIpc) is 2.93. The smallest absolute Gasteiger partial charge is 0.166 e. The number of aryl methyl sites for hydroxylation is 1. The fraction of sp³-hybridized carbons (Fsp3) is 0.412. The van der Waals surface area contributed by atoms with Crippen LogP contribution in [0, 0.1) is 42.1 Å². The minimum absolute atomic E-state index is 0.215. The first kappa shape index (κ1) is 25.8. The summed E-state index contributed by atoms with van der Waals surface area (Å²) in [5, 5.41) is 0. The Labute approximate surface area is 219 Å². The SMILES string of the molecule is C/C=C/C1CCC(C2CCC(c3ccc(-c4ccc(-c5ccc(C)c(F)c5F)cc4)c(F)c3)CC2)CC1. The average molecular weight is 503 g/mol. The van der Waals surface area contributed by atoms with Crippen molar-refractivity contribution in [1.82, 2.24) is 0 Å². The van der Waals surface area contributed by atoms with Crippen molar-refractivity contribution in [2.75, 3.05) is 0 Å². The summed E-state index contributed by atoms with van der Waals surface area (Å²) in [7, 11) is 0. The first-order chi connectivity index (χ1) is 17.9. The molecule has 0 heterocycles. The van der Waals surface area contributed by atoms with Gasteiger partial charge in [0.25, 0.3) is 0 Å². The third kappa shape index (κ3) is 5.56. The molecule has 0 atom stereocenters. The van der Waals surface area contributed by atoms with Crippen molar-refractivity contribution in [2.24, 2.45) is 17.8 Å². The van der Waals surface area contributed by atoms with Gasteiger partial charge in [-0.1, -0.05) is 60.7 Å². The molecule has 194 valence electrons. The molecule has 0 amide bonds. The number of hydrogen-bond acceptors (Lipinski definition) is 0. The van der Waals surface area contributed by atoms with E-state index in [1.807, 2.05) is 6.07 Å². The van der Waals surface area contributed by atoms with Crippen molar-refractivity contribution in [1.29, 1.82) is 0 Å². The second kappa shape index (κ2) is 11.3. The first-order valence-electron chi connectivity index (χ1n) is 13.9. The van der Waals surface area contributed by atoms with E-state index in [9.17, 15) is 8.78 Å². The molecule has 0 saturated heterocycles. The summed E-state index contributed by atoms with van der Waals surface area (Å²) < 4.78 is 43.6. The fourth-order valence-electron chi connectivity index (χ4n) is 6.72. The van der Waals surface area contributed by atoms with Crippen LogP contribution in [-0.4, -0.2) is 0 Å². The number of hydrogen-bond donors (Lipinski definition) is 0. The van der Waals surface area contributed by atoms with Crippen LogP contribution in [-0.2, 0) is 0 Å². The standard InChI is InChI=1S/C34H37F3/c1-3-4-23-6-8-24(9-7-23)25-10-12-26(13-11-25)29-18-20-30(32(35)21-29)27-14-16-28(17-15-27)31-19-5-22(2)33(36)34(31)37/h3-5,14-21,23-26H,6-13H2,1-2H3/b4-3+. The van der Waals surface area contributed by atoms with Gasteiger partial charge in [-0.2, -0.15) is 0 Å². The van der Waals surface area contributed by atoms with Gasteiger partial charge in [0.1, 0.15) is 5.82 Å². The van der Waals surface area contributed by atoms with Crippen LogP contribution in [0.25, 0.3) is 22.3 Å². The molecule has 2 aliphatic carbocycles. The first-order valence-corrected chi connectivity index (χ1v) is 13.9. The van der Waals surface area contributed by atoms with Crippen LogP contribution in [0.15, 0.2) is 66.7 Å². The maximum atomic E-state index is 15.2. The Bertz CT molecular complexity index is 1240. The van der Waals surface area contributed by atoms with Crippen molar-refractivity contribution in [2.45, 2.75) is 71.1 Å². The summed E-state index contributed by atoms with van der Waals surface area (Å²) in [6.07, 6.45) is 14.8. The molecule has 37 heavy (non-hydrogen) atoms. The van der Waals surface area contributed by atoms with Crippen LogP contribution in [0.1, 0.15) is 75.3 Å². The van der Waals surface area contributed by atoms with Crippen LogP contribution in [0.3, 0.4) is 0 Å². The number of halogens is 3. The van der Waals surface area contributed by atoms with Gasteiger partial charge < -0.3 is 0 Å². The van der Waals surface area contributed by atoms with E-state index >= 15 is 4.39 Å². The maximum Gasteiger partial charge on any atom is 0.166 e. The Balaban J connectivity index is 1.22. The Morgan fingerprint density at radius 2 is 1.22 bits per heavy atom. The predicted octanol–water partition coefficient (Wildman–Crippen LogP) is 10.4. The molecule has 3 aromatic carbocycles. The lowest BCUT2D eigenvalue weighted by Crippen LogP contribution is -2.25. The van der Waals surface area contributed by atoms with E-state index in [4.69, 9.17) is 0 Å². The van der Waals surface area contributed by atoms with Crippen molar-refractivity contribution in [3.8, 4) is 22.3 Å². The van der Waals surface area contributed by atoms with Crippen LogP contribution >= 0.6 is 0 Å². The van der Waals surface area contributed by atoms with Gasteiger partial charge in [0.15, 0.2) is 11.6 Å². The van der Waals surface area contributed by atoms with Crippen molar-refractivity contribution in [3.63, 3.8) is 0 Å². The Morgan fingerprint density at radius 3 is 1.81 bits per heavy atom. The largest absolute Gasteiger partial charge is 0.206 e. The van der Waals surface area contributed by atoms with Gasteiger partial charge in [-0.05, 0) is 117 Å². The van der Waals surface area contributed by atoms with E-state index < -0.39 is 11.6 Å². The molecule has 0 aromatic heterocycles. The topological polar surface area (TPSA) is 0 Å². The minimum atomic E-state index is -0.848. The third-order valence-corrected chi connectivity index (χ3v) is 8.97. The van der Waals surface area contributed by atoms with Gasteiger partial charge in [-0.3, -0.25) is 0 Å². The highest BCUT2D eigenvalue weighted by molar-refractivity contribution is 5.71. The minimum Gasteiger partial charge on any atom is -0.206 e. The molecular formula is C34H37F3. The van der Waals surface area contributed by atoms with Gasteiger partial charge in [0, 0.05) is 11.1 Å². The molecule has 0 N–H and O–H groups in total. The lowest BCUT2D eigenvalue weighted by Gasteiger charge is -2.37. The van der Waals surface area contributed by atoms with Crippen LogP contribution in [0.5, 0.6) is 0 Å². The molecule has 3 heteroatoms. The zero-order chi connectivity index (χ0) is 25.9. The Kier molecular flexibility index (Phi) is 7.88. The van der Waals surface area contributed by atoms with Gasteiger partial charge in [-0.15, -0.1) is 0 Å². The molecule has 2 aliphatic rings. The summed E-state index contributed by atoms with van der Waals surface area (Å²) in [6, 6.07) is 15.8. The molecule has 0 nitrogen and oxygen atoms in total. The van der Waals surface area contributed by atoms with Gasteiger partial charge >= 0.3 is 0 Å². The van der Waals surface area contributed by atoms with Crippen molar-refractivity contribution < 1.29 is 13.2 Å². The lowest BCUT2D eigenvalue weighted by molar-refractivity contribution is 0.171. The van der Waals surface area contributed by atoms with E-state index in [1.54, 1.807) is 49.4 Å². The van der Waals surface area contributed by atoms with Crippen LogP contribution in [0.4, 0.5) is 13.2 Å². The lowest BCUT2D eigenvalue weighted by atomic mass is 9.68. The molecule has 0 aliphatic heterocycles. The molecule has 5 rings (SSSR count). The van der Waals surface area contributed by atoms with Crippen molar-refractivity contribution >= 4 is 0 Å². The van der Waals surface area contributed by atoms with E-state index in [2.05, 4.69) is 25.1 Å². The summed E-state index contributed by atoms with van der Waals surface area (Å²) >= 11 is 0. The Hall–Kier alpha value is -2.81. The van der Waals surface area contributed by atoms with E-state index in [-0.39, 0.29) is 16.9 Å². The molecule has 3 aromatic rings. The number of allylic oxidation sites excluding steroid dienone is 2. The summed E-state index contributed by atoms with van der Waals surface area (Å²) in [4.78, 5) is 0. The zero-order valence-electron chi connectivity index (χ0n) is 22.0. The highest BCUT2D eigenvalue weighted by Crippen LogP contribution is 2.44.